The summed E-state index contributed by atoms with van der Waals surface area (Å²) >= 11 is 0. The van der Waals surface area contributed by atoms with Crippen LogP contribution >= 0.6 is 0 Å². The molecule has 1 saturated carbocycles. The molecule has 1 aliphatic carbocycles. The Kier molecular flexibility index (Phi) is 7.82. The first-order valence-corrected chi connectivity index (χ1v) is 12.6. The van der Waals surface area contributed by atoms with Crippen LogP contribution in [-0.4, -0.2) is 77.3 Å². The molecule has 1 unspecified atom stereocenters. The second-order valence-corrected chi connectivity index (χ2v) is 10.0. The van der Waals surface area contributed by atoms with Gasteiger partial charge in [-0.05, 0) is 56.7 Å². The van der Waals surface area contributed by atoms with Gasteiger partial charge in [0.05, 0.1) is 18.0 Å². The molecule has 1 atom stereocenters. The van der Waals surface area contributed by atoms with Crippen molar-refractivity contribution in [2.75, 3.05) is 40.5 Å². The minimum atomic E-state index is -0.328. The van der Waals surface area contributed by atoms with Crippen molar-refractivity contribution in [2.45, 2.75) is 45.2 Å². The Hall–Kier alpha value is -3.14. The van der Waals surface area contributed by atoms with E-state index in [1.807, 2.05) is 11.8 Å². The van der Waals surface area contributed by atoms with E-state index in [9.17, 15) is 19.2 Å². The molecule has 2 amide bonds. The number of fused-ring (bicyclic) bond motifs is 1. The van der Waals surface area contributed by atoms with E-state index in [0.717, 1.165) is 25.7 Å². The first-order chi connectivity index (χ1) is 17.2. The topological polar surface area (TPSA) is 103 Å². The molecule has 2 heterocycles. The number of nitrogens with zero attached hydrogens (tertiary/aromatic N) is 4. The van der Waals surface area contributed by atoms with Crippen molar-refractivity contribution in [1.29, 1.82) is 0 Å². The summed E-state index contributed by atoms with van der Waals surface area (Å²) in [6.07, 6.45) is 3.03. The lowest BCUT2D eigenvalue weighted by molar-refractivity contribution is -0.147. The number of hydrogen-bond donors (Lipinski definition) is 0. The molecule has 1 saturated heterocycles. The van der Waals surface area contributed by atoms with Crippen LogP contribution in [0, 0.1) is 11.8 Å². The molecule has 1 aromatic carbocycles. The van der Waals surface area contributed by atoms with Gasteiger partial charge in [-0.3, -0.25) is 23.5 Å². The van der Waals surface area contributed by atoms with Crippen molar-refractivity contribution in [2.24, 2.45) is 18.9 Å². The third-order valence-electron chi connectivity index (χ3n) is 7.72. The molecular weight excluding hydrogens is 464 g/mol. The molecule has 0 bridgehead atoms. The summed E-state index contributed by atoms with van der Waals surface area (Å²) in [7, 11) is 4.72. The molecule has 10 heteroatoms. The lowest BCUT2D eigenvalue weighted by Crippen LogP contribution is -2.57. The van der Waals surface area contributed by atoms with Crippen molar-refractivity contribution in [3.63, 3.8) is 0 Å². The maximum Gasteiger partial charge on any atom is 0.331 e. The Labute approximate surface area is 210 Å². The zero-order valence-electron chi connectivity index (χ0n) is 21.6. The first-order valence-electron chi connectivity index (χ1n) is 12.6. The molecule has 2 aromatic rings. The SMILES string of the molecule is COCC(=O)N1CCN(C(=O)C2CCC(Cn3c(=O)c4cc(OC)ccc4n(C)c3=O)CC2)CC1C. The molecule has 0 spiro atoms. The fourth-order valence-electron chi connectivity index (χ4n) is 5.63. The van der Waals surface area contributed by atoms with Crippen LogP contribution in [0.1, 0.15) is 32.6 Å². The fourth-order valence-corrected chi connectivity index (χ4v) is 5.63. The number of aryl methyl sites for hydroxylation is 1. The van der Waals surface area contributed by atoms with Gasteiger partial charge >= 0.3 is 5.69 Å². The second kappa shape index (κ2) is 10.9. The van der Waals surface area contributed by atoms with E-state index in [1.165, 1.54) is 16.2 Å². The Bertz CT molecular complexity index is 1240. The van der Waals surface area contributed by atoms with Crippen LogP contribution in [0.3, 0.4) is 0 Å². The van der Waals surface area contributed by atoms with E-state index in [2.05, 4.69) is 0 Å². The summed E-state index contributed by atoms with van der Waals surface area (Å²) in [6, 6.07) is 5.09. The number of carbonyl (C=O) groups excluding carboxylic acids is 2. The van der Waals surface area contributed by atoms with E-state index in [1.54, 1.807) is 37.3 Å². The summed E-state index contributed by atoms with van der Waals surface area (Å²) in [4.78, 5) is 55.2. The van der Waals surface area contributed by atoms with Crippen LogP contribution in [0.4, 0.5) is 0 Å². The standard InChI is InChI=1S/C26H36N4O6/c1-17-14-28(11-12-29(17)23(31)16-35-3)24(32)19-7-5-18(6-8-19)15-30-25(33)21-13-20(36-4)9-10-22(21)27(2)26(30)34/h9-10,13,17-19H,5-8,11-12,14-16H2,1-4H3. The third kappa shape index (κ3) is 5.04. The quantitative estimate of drug-likeness (QED) is 0.591. The van der Waals surface area contributed by atoms with Gasteiger partial charge in [-0.25, -0.2) is 4.79 Å². The lowest BCUT2D eigenvalue weighted by atomic mass is 9.81. The molecule has 36 heavy (non-hydrogen) atoms. The van der Waals surface area contributed by atoms with E-state index < -0.39 is 0 Å². The van der Waals surface area contributed by atoms with Gasteiger partial charge in [-0.2, -0.15) is 0 Å². The maximum atomic E-state index is 13.2. The van der Waals surface area contributed by atoms with Gasteiger partial charge in [-0.1, -0.05) is 0 Å². The monoisotopic (exact) mass is 500 g/mol. The van der Waals surface area contributed by atoms with Crippen molar-refractivity contribution in [3.8, 4) is 5.75 Å². The number of hydrogen-bond acceptors (Lipinski definition) is 6. The summed E-state index contributed by atoms with van der Waals surface area (Å²) < 4.78 is 13.0. The summed E-state index contributed by atoms with van der Waals surface area (Å²) in [6.45, 7) is 3.94. The molecule has 0 radical (unpaired) electrons. The number of rotatable bonds is 6. The fraction of sp³-hybridized carbons (Fsp3) is 0.615. The van der Waals surface area contributed by atoms with Gasteiger partial charge in [0.25, 0.3) is 5.56 Å². The largest absolute Gasteiger partial charge is 0.497 e. The highest BCUT2D eigenvalue weighted by Gasteiger charge is 2.34. The first kappa shape index (κ1) is 25.9. The maximum absolute atomic E-state index is 13.2. The highest BCUT2D eigenvalue weighted by atomic mass is 16.5. The predicted octanol–water partition coefficient (Wildman–Crippen LogP) is 1.22. The Morgan fingerprint density at radius 2 is 1.78 bits per heavy atom. The van der Waals surface area contributed by atoms with Crippen molar-refractivity contribution in [3.05, 3.63) is 39.0 Å². The highest BCUT2D eigenvalue weighted by molar-refractivity contribution is 5.81. The molecule has 10 nitrogen and oxygen atoms in total. The number of benzene rings is 1. The van der Waals surface area contributed by atoms with Crippen LogP contribution in [-0.2, 0) is 27.9 Å². The van der Waals surface area contributed by atoms with Crippen LogP contribution in [0.15, 0.2) is 27.8 Å². The number of piperazine rings is 1. The van der Waals surface area contributed by atoms with Crippen molar-refractivity contribution in [1.82, 2.24) is 18.9 Å². The van der Waals surface area contributed by atoms with Gasteiger partial charge < -0.3 is 19.3 Å². The van der Waals surface area contributed by atoms with E-state index in [0.29, 0.717) is 42.8 Å². The molecule has 2 aliphatic rings. The third-order valence-corrected chi connectivity index (χ3v) is 7.72. The van der Waals surface area contributed by atoms with Crippen molar-refractivity contribution >= 4 is 22.7 Å². The zero-order chi connectivity index (χ0) is 26.0. The minimum Gasteiger partial charge on any atom is -0.497 e. The van der Waals surface area contributed by atoms with Crippen LogP contribution < -0.4 is 16.0 Å². The molecule has 196 valence electrons. The zero-order valence-corrected chi connectivity index (χ0v) is 21.6. The molecule has 1 aromatic heterocycles. The Morgan fingerprint density at radius 3 is 2.42 bits per heavy atom. The predicted molar refractivity (Wildman–Crippen MR) is 135 cm³/mol. The molecule has 0 N–H and O–H groups in total. The van der Waals surface area contributed by atoms with Gasteiger partial charge in [0, 0.05) is 52.3 Å². The number of aromatic nitrogens is 2. The smallest absolute Gasteiger partial charge is 0.331 e. The number of amides is 2. The number of ether oxygens (including phenoxy) is 2. The number of carbonyl (C=O) groups is 2. The average molecular weight is 501 g/mol. The van der Waals surface area contributed by atoms with Gasteiger partial charge in [-0.15, -0.1) is 0 Å². The number of methoxy groups -OCH3 is 2. The lowest BCUT2D eigenvalue weighted by Gasteiger charge is -2.41. The van der Waals surface area contributed by atoms with E-state index in [4.69, 9.17) is 9.47 Å². The molecular formula is C26H36N4O6. The van der Waals surface area contributed by atoms with Crippen LogP contribution in [0.25, 0.3) is 10.9 Å². The molecule has 1 aliphatic heterocycles. The van der Waals surface area contributed by atoms with E-state index >= 15 is 0 Å². The Morgan fingerprint density at radius 1 is 1.06 bits per heavy atom. The summed E-state index contributed by atoms with van der Waals surface area (Å²) in [5, 5.41) is 0.456. The molecule has 2 fully saturated rings. The van der Waals surface area contributed by atoms with Gasteiger partial charge in [0.1, 0.15) is 12.4 Å². The summed E-state index contributed by atoms with van der Waals surface area (Å²) in [5.41, 5.74) is -0.0552. The Balaban J connectivity index is 1.39. The van der Waals surface area contributed by atoms with Crippen LogP contribution in [0.2, 0.25) is 0 Å². The van der Waals surface area contributed by atoms with Crippen molar-refractivity contribution < 1.29 is 19.1 Å². The molecule has 4 rings (SSSR count). The second-order valence-electron chi connectivity index (χ2n) is 10.0. The minimum absolute atomic E-state index is 0.0451. The normalized spacial score (nSPS) is 22.6. The average Bonchev–Trinajstić information content (AvgIpc) is 2.89. The highest BCUT2D eigenvalue weighted by Crippen LogP contribution is 2.31. The van der Waals surface area contributed by atoms with E-state index in [-0.39, 0.29) is 47.5 Å². The van der Waals surface area contributed by atoms with Crippen LogP contribution in [0.5, 0.6) is 5.75 Å². The van der Waals surface area contributed by atoms with Gasteiger partial charge in [0.2, 0.25) is 11.8 Å². The summed E-state index contributed by atoms with van der Waals surface area (Å²) in [5.74, 6) is 0.762. The van der Waals surface area contributed by atoms with Gasteiger partial charge in [0.15, 0.2) is 0 Å².